The molecule has 0 radical (unpaired) electrons. The van der Waals surface area contributed by atoms with E-state index in [4.69, 9.17) is 10.5 Å². The van der Waals surface area contributed by atoms with E-state index in [1.54, 1.807) is 0 Å². The van der Waals surface area contributed by atoms with Gasteiger partial charge in [-0.25, -0.2) is 0 Å². The van der Waals surface area contributed by atoms with Gasteiger partial charge in [-0.05, 0) is 18.2 Å². The van der Waals surface area contributed by atoms with Crippen molar-refractivity contribution in [1.29, 1.82) is 10.5 Å². The summed E-state index contributed by atoms with van der Waals surface area (Å²) in [5.74, 6) is -0.542. The number of benzene rings is 1. The van der Waals surface area contributed by atoms with Crippen LogP contribution in [0.5, 0.6) is 5.75 Å². The summed E-state index contributed by atoms with van der Waals surface area (Å²) in [6, 6.07) is 6.28. The van der Waals surface area contributed by atoms with Crippen molar-refractivity contribution in [1.82, 2.24) is 20.6 Å². The number of hydrogen-bond donors (Lipinski definition) is 3. The van der Waals surface area contributed by atoms with E-state index in [1.165, 1.54) is 25.3 Å². The Hall–Kier alpha value is -3.72. The van der Waals surface area contributed by atoms with Crippen molar-refractivity contribution in [3.8, 4) is 17.9 Å². The summed E-state index contributed by atoms with van der Waals surface area (Å²) in [5.41, 5.74) is 0.503. The quantitative estimate of drug-likeness (QED) is 0.557. The molecule has 0 aliphatic rings. The van der Waals surface area contributed by atoms with Crippen LogP contribution in [0.25, 0.3) is 5.57 Å². The SMILES string of the molecule is CC(=O)c1cc(C#N)c(NC=C(C#N)c2nn[nH]n2)cc1O. The third-order valence-corrected chi connectivity index (χ3v) is 2.71. The minimum absolute atomic E-state index is 0.0461. The van der Waals surface area contributed by atoms with E-state index in [1.807, 2.05) is 12.1 Å². The lowest BCUT2D eigenvalue weighted by atomic mass is 10.1. The Balaban J connectivity index is 2.38. The monoisotopic (exact) mass is 295 g/mol. The molecule has 22 heavy (non-hydrogen) atoms. The molecule has 9 nitrogen and oxygen atoms in total. The van der Waals surface area contributed by atoms with Gasteiger partial charge < -0.3 is 10.4 Å². The van der Waals surface area contributed by atoms with Crippen LogP contribution in [0.2, 0.25) is 0 Å². The fourth-order valence-electron chi connectivity index (χ4n) is 1.65. The number of carbonyl (C=O) groups excluding carboxylic acids is 1. The Kier molecular flexibility index (Phi) is 4.11. The van der Waals surface area contributed by atoms with Crippen LogP contribution in [0.1, 0.15) is 28.7 Å². The zero-order chi connectivity index (χ0) is 16.1. The first kappa shape index (κ1) is 14.7. The highest BCUT2D eigenvalue weighted by molar-refractivity contribution is 5.98. The second-order valence-electron chi connectivity index (χ2n) is 4.13. The van der Waals surface area contributed by atoms with E-state index < -0.39 is 0 Å². The lowest BCUT2D eigenvalue weighted by molar-refractivity contribution is 0.101. The normalized spacial score (nSPS) is 10.6. The van der Waals surface area contributed by atoms with Crippen LogP contribution in [0.3, 0.4) is 0 Å². The van der Waals surface area contributed by atoms with Gasteiger partial charge in [0.25, 0.3) is 0 Å². The maximum Gasteiger partial charge on any atom is 0.216 e. The number of carbonyl (C=O) groups is 1. The van der Waals surface area contributed by atoms with E-state index >= 15 is 0 Å². The van der Waals surface area contributed by atoms with Gasteiger partial charge >= 0.3 is 0 Å². The van der Waals surface area contributed by atoms with Crippen molar-refractivity contribution >= 4 is 17.0 Å². The summed E-state index contributed by atoms with van der Waals surface area (Å²) < 4.78 is 0. The van der Waals surface area contributed by atoms with Crippen molar-refractivity contribution in [3.63, 3.8) is 0 Å². The van der Waals surface area contributed by atoms with Crippen molar-refractivity contribution in [2.75, 3.05) is 5.32 Å². The fraction of sp³-hybridized carbons (Fsp3) is 0.0769. The molecular weight excluding hydrogens is 286 g/mol. The number of H-pyrrole nitrogens is 1. The molecule has 2 rings (SSSR count). The zero-order valence-electron chi connectivity index (χ0n) is 11.3. The number of tetrazole rings is 1. The Bertz CT molecular complexity index is 825. The van der Waals surface area contributed by atoms with E-state index in [0.29, 0.717) is 0 Å². The largest absolute Gasteiger partial charge is 0.507 e. The van der Waals surface area contributed by atoms with Crippen LogP contribution >= 0.6 is 0 Å². The molecule has 0 aliphatic carbocycles. The highest BCUT2D eigenvalue weighted by atomic mass is 16.3. The first-order valence-corrected chi connectivity index (χ1v) is 5.95. The molecule has 0 bridgehead atoms. The molecular formula is C13H9N7O2. The molecule has 1 aromatic carbocycles. The Morgan fingerprint density at radius 3 is 2.77 bits per heavy atom. The molecule has 0 amide bonds. The molecule has 0 saturated heterocycles. The number of nitrogens with zero attached hydrogens (tertiary/aromatic N) is 5. The van der Waals surface area contributed by atoms with Crippen molar-refractivity contribution in [2.45, 2.75) is 6.92 Å². The van der Waals surface area contributed by atoms with E-state index in [2.05, 4.69) is 25.9 Å². The topological polar surface area (TPSA) is 151 Å². The fourth-order valence-corrected chi connectivity index (χ4v) is 1.65. The summed E-state index contributed by atoms with van der Waals surface area (Å²) in [7, 11) is 0. The molecule has 1 heterocycles. The number of phenolic OH excluding ortho intramolecular Hbond substituents is 1. The Morgan fingerprint density at radius 2 is 2.23 bits per heavy atom. The molecule has 108 valence electrons. The highest BCUT2D eigenvalue weighted by Crippen LogP contribution is 2.27. The lowest BCUT2D eigenvalue weighted by Gasteiger charge is -2.08. The number of nitriles is 2. The molecule has 2 aromatic rings. The van der Waals surface area contributed by atoms with Gasteiger partial charge in [-0.1, -0.05) is 0 Å². The number of aromatic amines is 1. The summed E-state index contributed by atoms with van der Waals surface area (Å²) in [5, 5.41) is 43.5. The number of allylic oxidation sites excluding steroid dienone is 1. The number of aromatic nitrogens is 4. The first-order valence-electron chi connectivity index (χ1n) is 5.95. The summed E-state index contributed by atoms with van der Waals surface area (Å²) in [4.78, 5) is 11.3. The summed E-state index contributed by atoms with van der Waals surface area (Å²) in [6.45, 7) is 1.28. The van der Waals surface area contributed by atoms with Crippen molar-refractivity contribution in [2.24, 2.45) is 0 Å². The van der Waals surface area contributed by atoms with Crippen LogP contribution in [0, 0.1) is 22.7 Å². The van der Waals surface area contributed by atoms with Gasteiger partial charge in [-0.3, -0.25) is 4.79 Å². The molecule has 9 heteroatoms. The van der Waals surface area contributed by atoms with Gasteiger partial charge in [0.1, 0.15) is 23.5 Å². The molecule has 0 fully saturated rings. The van der Waals surface area contributed by atoms with Crippen LogP contribution in [0.4, 0.5) is 5.69 Å². The predicted molar refractivity (Wildman–Crippen MR) is 74.2 cm³/mol. The van der Waals surface area contributed by atoms with E-state index in [-0.39, 0.29) is 39.7 Å². The number of hydrogen-bond acceptors (Lipinski definition) is 8. The number of rotatable bonds is 4. The molecule has 1 aromatic heterocycles. The van der Waals surface area contributed by atoms with Gasteiger partial charge in [0.15, 0.2) is 5.78 Å². The number of aromatic hydroxyl groups is 1. The summed E-state index contributed by atoms with van der Waals surface area (Å²) in [6.07, 6.45) is 1.27. The molecule has 0 unspecified atom stereocenters. The first-order chi connectivity index (χ1) is 10.6. The smallest absolute Gasteiger partial charge is 0.216 e. The van der Waals surface area contributed by atoms with Gasteiger partial charge in [0, 0.05) is 12.3 Å². The molecule has 0 aliphatic heterocycles. The number of Topliss-reactive ketones (excluding diaryl/α,β-unsaturated/α-hetero) is 1. The third-order valence-electron chi connectivity index (χ3n) is 2.71. The van der Waals surface area contributed by atoms with E-state index in [0.717, 1.165) is 0 Å². The highest BCUT2D eigenvalue weighted by Gasteiger charge is 2.12. The van der Waals surface area contributed by atoms with Crippen molar-refractivity contribution < 1.29 is 9.90 Å². The Labute approximate surface area is 124 Å². The Morgan fingerprint density at radius 1 is 1.45 bits per heavy atom. The second kappa shape index (κ2) is 6.15. The minimum atomic E-state index is -0.361. The molecule has 0 saturated carbocycles. The van der Waals surface area contributed by atoms with Crippen LogP contribution in [-0.2, 0) is 0 Å². The van der Waals surface area contributed by atoms with Gasteiger partial charge in [-0.15, -0.1) is 10.2 Å². The molecule has 0 atom stereocenters. The van der Waals surface area contributed by atoms with E-state index in [9.17, 15) is 9.90 Å². The number of ketones is 1. The standard InChI is InChI=1S/C13H9N7O2/c1-7(21)10-2-8(4-14)11(3-12(10)22)16-6-9(5-15)13-17-19-20-18-13/h2-3,6,16,22H,1H3,(H,17,18,19,20). The van der Waals surface area contributed by atoms with Crippen LogP contribution in [0.15, 0.2) is 18.3 Å². The third kappa shape index (κ3) is 2.89. The number of anilines is 1. The van der Waals surface area contributed by atoms with Gasteiger partial charge in [-0.2, -0.15) is 15.7 Å². The van der Waals surface area contributed by atoms with Crippen molar-refractivity contribution in [3.05, 3.63) is 35.3 Å². The predicted octanol–water partition coefficient (Wildman–Crippen LogP) is 0.956. The maximum absolute atomic E-state index is 11.3. The summed E-state index contributed by atoms with van der Waals surface area (Å²) >= 11 is 0. The van der Waals surface area contributed by atoms with Gasteiger partial charge in [0.05, 0.1) is 16.8 Å². The average molecular weight is 295 g/mol. The van der Waals surface area contributed by atoms with Crippen LogP contribution < -0.4 is 5.32 Å². The number of phenols is 1. The minimum Gasteiger partial charge on any atom is -0.507 e. The molecule has 0 spiro atoms. The second-order valence-corrected chi connectivity index (χ2v) is 4.13. The average Bonchev–Trinajstić information content (AvgIpc) is 3.02. The molecule has 3 N–H and O–H groups in total. The lowest BCUT2D eigenvalue weighted by Crippen LogP contribution is -1.99. The zero-order valence-corrected chi connectivity index (χ0v) is 11.3. The number of nitrogens with one attached hydrogen (secondary N) is 2. The van der Waals surface area contributed by atoms with Crippen LogP contribution in [-0.4, -0.2) is 31.5 Å². The van der Waals surface area contributed by atoms with Gasteiger partial charge in [0.2, 0.25) is 5.82 Å². The maximum atomic E-state index is 11.3.